The van der Waals surface area contributed by atoms with Gasteiger partial charge in [-0.05, 0) is 43.2 Å². The Hall–Kier alpha value is -3.06. The quantitative estimate of drug-likeness (QED) is 0.273. The number of benzene rings is 2. The van der Waals surface area contributed by atoms with E-state index in [9.17, 15) is 4.79 Å². The maximum Gasteiger partial charge on any atom is 0.251 e. The fourth-order valence-corrected chi connectivity index (χ4v) is 2.82. The highest BCUT2D eigenvalue weighted by molar-refractivity contribution is 5.95. The van der Waals surface area contributed by atoms with Crippen molar-refractivity contribution in [2.24, 2.45) is 4.99 Å². The minimum absolute atomic E-state index is 0.0555. The van der Waals surface area contributed by atoms with Crippen LogP contribution in [0.3, 0.4) is 0 Å². The molecular formula is C24H34N4O3. The molecule has 0 aromatic heterocycles. The third-order valence-corrected chi connectivity index (χ3v) is 4.35. The summed E-state index contributed by atoms with van der Waals surface area (Å²) >= 11 is 0. The number of guanidine groups is 1. The van der Waals surface area contributed by atoms with E-state index in [1.54, 1.807) is 7.11 Å². The van der Waals surface area contributed by atoms with Crippen molar-refractivity contribution in [1.82, 2.24) is 10.6 Å². The van der Waals surface area contributed by atoms with Crippen molar-refractivity contribution < 1.29 is 14.3 Å². The van der Waals surface area contributed by atoms with Crippen molar-refractivity contribution in [2.75, 3.05) is 38.7 Å². The maximum absolute atomic E-state index is 12.2. The summed E-state index contributed by atoms with van der Waals surface area (Å²) in [4.78, 5) is 16.9. The van der Waals surface area contributed by atoms with Gasteiger partial charge in [-0.25, -0.2) is 4.99 Å². The molecule has 0 bridgehead atoms. The normalized spacial score (nSPS) is 11.1. The lowest BCUT2D eigenvalue weighted by Crippen LogP contribution is -2.30. The first-order valence-electron chi connectivity index (χ1n) is 10.8. The minimum Gasteiger partial charge on any atom is -0.493 e. The predicted octanol–water partition coefficient (Wildman–Crippen LogP) is 3.82. The van der Waals surface area contributed by atoms with Crippen molar-refractivity contribution in [3.63, 3.8) is 0 Å². The van der Waals surface area contributed by atoms with E-state index in [2.05, 4.69) is 20.9 Å². The molecule has 168 valence electrons. The predicted molar refractivity (Wildman–Crippen MR) is 126 cm³/mol. The smallest absolute Gasteiger partial charge is 0.251 e. The Balaban J connectivity index is 2.01. The van der Waals surface area contributed by atoms with E-state index >= 15 is 0 Å². The van der Waals surface area contributed by atoms with Crippen molar-refractivity contribution >= 4 is 17.6 Å². The molecule has 2 aromatic carbocycles. The lowest BCUT2D eigenvalue weighted by Gasteiger charge is -2.13. The Labute approximate surface area is 185 Å². The SMILES string of the molecule is CCCNC(=O)c1cccc(CN=C(NCC)Nc2cccc(OCCCOC)c2)c1. The van der Waals surface area contributed by atoms with Gasteiger partial charge in [0, 0.05) is 50.5 Å². The van der Waals surface area contributed by atoms with Gasteiger partial charge in [0.1, 0.15) is 5.75 Å². The molecule has 0 atom stereocenters. The average molecular weight is 427 g/mol. The molecule has 7 nitrogen and oxygen atoms in total. The van der Waals surface area contributed by atoms with E-state index in [1.807, 2.05) is 62.4 Å². The van der Waals surface area contributed by atoms with Gasteiger partial charge in [0.25, 0.3) is 5.91 Å². The maximum atomic E-state index is 12.2. The molecule has 0 saturated heterocycles. The summed E-state index contributed by atoms with van der Waals surface area (Å²) < 4.78 is 10.8. The number of hydrogen-bond acceptors (Lipinski definition) is 4. The van der Waals surface area contributed by atoms with Gasteiger partial charge in [0.2, 0.25) is 0 Å². The lowest BCUT2D eigenvalue weighted by molar-refractivity contribution is 0.0953. The summed E-state index contributed by atoms with van der Waals surface area (Å²) in [7, 11) is 1.68. The fraction of sp³-hybridized carbons (Fsp3) is 0.417. The number of carbonyl (C=O) groups is 1. The molecule has 31 heavy (non-hydrogen) atoms. The summed E-state index contributed by atoms with van der Waals surface area (Å²) in [6.07, 6.45) is 1.75. The molecule has 1 amide bonds. The number of ether oxygens (including phenoxy) is 2. The lowest BCUT2D eigenvalue weighted by atomic mass is 10.1. The van der Waals surface area contributed by atoms with Gasteiger partial charge < -0.3 is 25.4 Å². The highest BCUT2D eigenvalue weighted by Gasteiger charge is 2.06. The van der Waals surface area contributed by atoms with Crippen LogP contribution < -0.4 is 20.7 Å². The van der Waals surface area contributed by atoms with Crippen LogP contribution in [0.25, 0.3) is 0 Å². The summed E-state index contributed by atoms with van der Waals surface area (Å²) in [5.41, 5.74) is 2.51. The second kappa shape index (κ2) is 14.0. The first kappa shape index (κ1) is 24.2. The number of rotatable bonds is 12. The van der Waals surface area contributed by atoms with Crippen molar-refractivity contribution in [1.29, 1.82) is 0 Å². The van der Waals surface area contributed by atoms with E-state index < -0.39 is 0 Å². The largest absolute Gasteiger partial charge is 0.493 e. The highest BCUT2D eigenvalue weighted by Crippen LogP contribution is 2.17. The van der Waals surface area contributed by atoms with Gasteiger partial charge in [0.05, 0.1) is 13.2 Å². The van der Waals surface area contributed by atoms with Gasteiger partial charge in [-0.3, -0.25) is 4.79 Å². The molecule has 2 rings (SSSR count). The number of nitrogens with one attached hydrogen (secondary N) is 3. The van der Waals surface area contributed by atoms with Crippen LogP contribution in [0.4, 0.5) is 5.69 Å². The third kappa shape index (κ3) is 9.09. The highest BCUT2D eigenvalue weighted by atomic mass is 16.5. The van der Waals surface area contributed by atoms with Crippen LogP contribution in [0.1, 0.15) is 42.6 Å². The molecule has 0 aliphatic carbocycles. The molecule has 2 aromatic rings. The number of nitrogens with zero attached hydrogens (tertiary/aromatic N) is 1. The Morgan fingerprint density at radius 2 is 1.87 bits per heavy atom. The van der Waals surface area contributed by atoms with Gasteiger partial charge >= 0.3 is 0 Å². The van der Waals surface area contributed by atoms with Crippen LogP contribution in [0, 0.1) is 0 Å². The number of methoxy groups -OCH3 is 1. The Bertz CT molecular complexity index is 839. The molecule has 7 heteroatoms. The van der Waals surface area contributed by atoms with Crippen LogP contribution in [0.2, 0.25) is 0 Å². The Morgan fingerprint density at radius 3 is 2.65 bits per heavy atom. The molecular weight excluding hydrogens is 392 g/mol. The van der Waals surface area contributed by atoms with E-state index in [0.29, 0.717) is 37.8 Å². The zero-order chi connectivity index (χ0) is 22.3. The van der Waals surface area contributed by atoms with Gasteiger partial charge in [-0.1, -0.05) is 25.1 Å². The molecule has 0 spiro atoms. The number of hydrogen-bond donors (Lipinski definition) is 3. The second-order valence-electron chi connectivity index (χ2n) is 7.00. The summed E-state index contributed by atoms with van der Waals surface area (Å²) in [5, 5.41) is 9.46. The molecule has 0 aliphatic heterocycles. The molecule has 0 saturated carbocycles. The number of carbonyl (C=O) groups excluding carboxylic acids is 1. The summed E-state index contributed by atoms with van der Waals surface area (Å²) in [6, 6.07) is 15.3. The fourth-order valence-electron chi connectivity index (χ4n) is 2.82. The minimum atomic E-state index is -0.0555. The van der Waals surface area contributed by atoms with Crippen LogP contribution in [0.15, 0.2) is 53.5 Å². The van der Waals surface area contributed by atoms with Crippen molar-refractivity contribution in [2.45, 2.75) is 33.2 Å². The Kier molecular flexibility index (Phi) is 11.0. The van der Waals surface area contributed by atoms with Crippen molar-refractivity contribution in [3.05, 3.63) is 59.7 Å². The van der Waals surface area contributed by atoms with Crippen LogP contribution in [0.5, 0.6) is 5.75 Å². The number of anilines is 1. The van der Waals surface area contributed by atoms with E-state index in [-0.39, 0.29) is 5.91 Å². The molecule has 0 radical (unpaired) electrons. The molecule has 0 aliphatic rings. The van der Waals surface area contributed by atoms with E-state index in [4.69, 9.17) is 9.47 Å². The first-order chi connectivity index (χ1) is 15.2. The topological polar surface area (TPSA) is 84.0 Å². The average Bonchev–Trinajstić information content (AvgIpc) is 2.79. The summed E-state index contributed by atoms with van der Waals surface area (Å²) in [5.74, 6) is 1.41. The first-order valence-corrected chi connectivity index (χ1v) is 10.8. The van der Waals surface area contributed by atoms with E-state index in [1.165, 1.54) is 0 Å². The van der Waals surface area contributed by atoms with Gasteiger partial charge in [-0.15, -0.1) is 0 Å². The molecule has 0 fully saturated rings. The van der Waals surface area contributed by atoms with Gasteiger partial charge in [0.15, 0.2) is 5.96 Å². The monoisotopic (exact) mass is 426 g/mol. The molecule has 3 N–H and O–H groups in total. The molecule has 0 heterocycles. The second-order valence-corrected chi connectivity index (χ2v) is 7.00. The van der Waals surface area contributed by atoms with E-state index in [0.717, 1.165) is 36.4 Å². The number of aliphatic imine (C=N–C) groups is 1. The van der Waals surface area contributed by atoms with Gasteiger partial charge in [-0.2, -0.15) is 0 Å². The summed E-state index contributed by atoms with van der Waals surface area (Å²) in [6.45, 7) is 7.19. The zero-order valence-corrected chi connectivity index (χ0v) is 18.7. The van der Waals surface area contributed by atoms with Crippen LogP contribution >= 0.6 is 0 Å². The number of amides is 1. The standard InChI is InChI=1S/C24H34N4O3/c1-4-13-26-23(29)20-10-6-9-19(16-20)18-27-24(25-5-2)28-21-11-7-12-22(17-21)31-15-8-14-30-3/h6-7,9-12,16-17H,4-5,8,13-15,18H2,1-3H3,(H,26,29)(H2,25,27,28). The Morgan fingerprint density at radius 1 is 1.03 bits per heavy atom. The van der Waals surface area contributed by atoms with Crippen LogP contribution in [-0.2, 0) is 11.3 Å². The van der Waals surface area contributed by atoms with Crippen molar-refractivity contribution in [3.8, 4) is 5.75 Å². The molecule has 0 unspecified atom stereocenters. The van der Waals surface area contributed by atoms with Crippen LogP contribution in [-0.4, -0.2) is 45.3 Å². The third-order valence-electron chi connectivity index (χ3n) is 4.35. The zero-order valence-electron chi connectivity index (χ0n) is 18.7.